The fourth-order valence-corrected chi connectivity index (χ4v) is 2.45. The Morgan fingerprint density at radius 2 is 2.11 bits per heavy atom. The number of rotatable bonds is 3. The Hall–Kier alpha value is -1.14. The lowest BCUT2D eigenvalue weighted by atomic mass is 10.1. The van der Waals surface area contributed by atoms with Gasteiger partial charge in [0.15, 0.2) is 0 Å². The molecule has 1 aliphatic rings. The highest BCUT2D eigenvalue weighted by Gasteiger charge is 2.33. The molecule has 1 aromatic rings. The van der Waals surface area contributed by atoms with Crippen LogP contribution in [0.2, 0.25) is 0 Å². The van der Waals surface area contributed by atoms with Crippen molar-refractivity contribution in [1.29, 1.82) is 0 Å². The van der Waals surface area contributed by atoms with Gasteiger partial charge in [0.25, 0.3) is 0 Å². The molecule has 0 bridgehead atoms. The lowest BCUT2D eigenvalue weighted by molar-refractivity contribution is 0.0526. The molecule has 104 valence electrons. The molecule has 1 aliphatic heterocycles. The van der Waals surface area contributed by atoms with E-state index in [0.29, 0.717) is 17.6 Å². The molecule has 0 aromatic heterocycles. The third-order valence-corrected chi connectivity index (χ3v) is 3.37. The molecule has 0 radical (unpaired) electrons. The van der Waals surface area contributed by atoms with E-state index >= 15 is 0 Å². The molecule has 19 heavy (non-hydrogen) atoms. The van der Waals surface area contributed by atoms with Gasteiger partial charge in [0.1, 0.15) is 5.82 Å². The molecular formula is C13H16BrFN2O2. The van der Waals surface area contributed by atoms with Gasteiger partial charge < -0.3 is 10.0 Å². The van der Waals surface area contributed by atoms with Crippen LogP contribution in [-0.2, 0) is 0 Å². The summed E-state index contributed by atoms with van der Waals surface area (Å²) in [7, 11) is 0. The van der Waals surface area contributed by atoms with E-state index in [1.807, 2.05) is 0 Å². The minimum absolute atomic E-state index is 0.237. The average Bonchev–Trinajstić information content (AvgIpc) is 2.59. The molecular weight excluding hydrogens is 315 g/mol. The van der Waals surface area contributed by atoms with Crippen molar-refractivity contribution in [3.63, 3.8) is 0 Å². The van der Waals surface area contributed by atoms with E-state index in [-0.39, 0.29) is 18.3 Å². The predicted molar refractivity (Wildman–Crippen MR) is 74.7 cm³/mol. The number of hydrogen-bond donors (Lipinski definition) is 1. The average molecular weight is 331 g/mol. The van der Waals surface area contributed by atoms with Crippen LogP contribution < -0.4 is 4.90 Å². The van der Waals surface area contributed by atoms with Crippen molar-refractivity contribution in [2.45, 2.75) is 19.4 Å². The number of benzene rings is 1. The van der Waals surface area contributed by atoms with Crippen molar-refractivity contribution in [3.8, 4) is 0 Å². The molecule has 0 spiro atoms. The Kier molecular flexibility index (Phi) is 3.82. The summed E-state index contributed by atoms with van der Waals surface area (Å²) in [6.07, 6.45) is 0. The van der Waals surface area contributed by atoms with E-state index in [1.54, 1.807) is 26.0 Å². The molecule has 0 aliphatic carbocycles. The highest BCUT2D eigenvalue weighted by molar-refractivity contribution is 9.10. The first-order valence-electron chi connectivity index (χ1n) is 6.02. The quantitative estimate of drug-likeness (QED) is 0.925. The fourth-order valence-electron chi connectivity index (χ4n) is 2.12. The molecule has 1 saturated heterocycles. The Bertz CT molecular complexity index is 502. The van der Waals surface area contributed by atoms with Crippen LogP contribution in [0.15, 0.2) is 22.7 Å². The highest BCUT2D eigenvalue weighted by atomic mass is 79.9. The van der Waals surface area contributed by atoms with Gasteiger partial charge >= 0.3 is 6.03 Å². The zero-order valence-corrected chi connectivity index (χ0v) is 12.4. The van der Waals surface area contributed by atoms with Crippen molar-refractivity contribution < 1.29 is 14.3 Å². The summed E-state index contributed by atoms with van der Waals surface area (Å²) in [6.45, 7) is 4.43. The predicted octanol–water partition coefficient (Wildman–Crippen LogP) is 2.60. The van der Waals surface area contributed by atoms with E-state index in [9.17, 15) is 14.3 Å². The van der Waals surface area contributed by atoms with Gasteiger partial charge in [-0.2, -0.15) is 0 Å². The Labute approximate surface area is 119 Å². The van der Waals surface area contributed by atoms with E-state index < -0.39 is 11.4 Å². The number of carbonyl (C=O) groups excluding carboxylic acids is 1. The van der Waals surface area contributed by atoms with Gasteiger partial charge in [0.2, 0.25) is 0 Å². The van der Waals surface area contributed by atoms with Gasteiger partial charge in [-0.25, -0.2) is 9.18 Å². The van der Waals surface area contributed by atoms with Gasteiger partial charge in [-0.15, -0.1) is 0 Å². The number of β-amino-alcohol motifs (C(OH)–C–C–N with tert-alkyl or cyclic N) is 1. The van der Waals surface area contributed by atoms with Crippen LogP contribution >= 0.6 is 15.9 Å². The maximum Gasteiger partial charge on any atom is 0.324 e. The number of hydrogen-bond acceptors (Lipinski definition) is 2. The molecule has 0 atom stereocenters. The number of anilines is 1. The summed E-state index contributed by atoms with van der Waals surface area (Å²) >= 11 is 3.18. The molecule has 2 rings (SSSR count). The number of urea groups is 1. The van der Waals surface area contributed by atoms with Crippen LogP contribution in [0.25, 0.3) is 0 Å². The van der Waals surface area contributed by atoms with E-state index in [4.69, 9.17) is 0 Å². The topological polar surface area (TPSA) is 43.8 Å². The van der Waals surface area contributed by atoms with Crippen molar-refractivity contribution in [1.82, 2.24) is 4.90 Å². The van der Waals surface area contributed by atoms with Crippen LogP contribution in [0.5, 0.6) is 0 Å². The number of amides is 2. The second-order valence-corrected chi connectivity index (χ2v) is 6.18. The van der Waals surface area contributed by atoms with Gasteiger partial charge in [0, 0.05) is 17.6 Å². The third-order valence-electron chi connectivity index (χ3n) is 2.87. The lowest BCUT2D eigenvalue weighted by Crippen LogP contribution is -2.41. The van der Waals surface area contributed by atoms with Gasteiger partial charge in [-0.1, -0.05) is 15.9 Å². The summed E-state index contributed by atoms with van der Waals surface area (Å²) in [5, 5.41) is 9.75. The number of halogens is 2. The van der Waals surface area contributed by atoms with Gasteiger partial charge in [-0.3, -0.25) is 4.90 Å². The molecule has 0 unspecified atom stereocenters. The number of aliphatic hydroxyl groups is 1. The first-order valence-corrected chi connectivity index (χ1v) is 6.81. The standard InChI is InChI=1S/C13H16BrFN2O2/c1-13(2,19)8-16-5-6-17(12(16)18)11-4-3-9(14)7-10(11)15/h3-4,7,19H,5-6,8H2,1-2H3. The van der Waals surface area contributed by atoms with Crippen LogP contribution in [0.3, 0.4) is 0 Å². The minimum Gasteiger partial charge on any atom is -0.389 e. The number of carbonyl (C=O) groups is 1. The monoisotopic (exact) mass is 330 g/mol. The first kappa shape index (κ1) is 14.3. The summed E-state index contributed by atoms with van der Waals surface area (Å²) in [5.74, 6) is -0.437. The van der Waals surface area contributed by atoms with Crippen LogP contribution in [-0.4, -0.2) is 41.3 Å². The minimum atomic E-state index is -0.954. The van der Waals surface area contributed by atoms with E-state index in [0.717, 1.165) is 0 Å². The first-order chi connectivity index (χ1) is 8.78. The van der Waals surface area contributed by atoms with Gasteiger partial charge in [-0.05, 0) is 32.0 Å². The van der Waals surface area contributed by atoms with Crippen LogP contribution in [0, 0.1) is 5.82 Å². The lowest BCUT2D eigenvalue weighted by Gasteiger charge is -2.25. The Morgan fingerprint density at radius 3 is 2.68 bits per heavy atom. The largest absolute Gasteiger partial charge is 0.389 e. The second kappa shape index (κ2) is 5.09. The third kappa shape index (κ3) is 3.25. The fraction of sp³-hybridized carbons (Fsp3) is 0.462. The maximum absolute atomic E-state index is 13.8. The molecule has 4 nitrogen and oxygen atoms in total. The zero-order chi connectivity index (χ0) is 14.2. The molecule has 1 heterocycles. The Morgan fingerprint density at radius 1 is 1.42 bits per heavy atom. The van der Waals surface area contributed by atoms with Crippen molar-refractivity contribution in [3.05, 3.63) is 28.5 Å². The molecule has 0 saturated carbocycles. The van der Waals surface area contributed by atoms with Crippen molar-refractivity contribution >= 4 is 27.6 Å². The van der Waals surface area contributed by atoms with Crippen molar-refractivity contribution in [2.75, 3.05) is 24.5 Å². The smallest absolute Gasteiger partial charge is 0.324 e. The van der Waals surface area contributed by atoms with Crippen LogP contribution in [0.4, 0.5) is 14.9 Å². The summed E-state index contributed by atoms with van der Waals surface area (Å²) < 4.78 is 14.5. The molecule has 2 amide bonds. The molecule has 6 heteroatoms. The number of nitrogens with zero attached hydrogens (tertiary/aromatic N) is 2. The highest BCUT2D eigenvalue weighted by Crippen LogP contribution is 2.26. The van der Waals surface area contributed by atoms with E-state index in [2.05, 4.69) is 15.9 Å². The molecule has 1 aromatic carbocycles. The summed E-state index contributed by atoms with van der Waals surface area (Å²) in [4.78, 5) is 15.1. The Balaban J connectivity index is 2.18. The maximum atomic E-state index is 13.8. The van der Waals surface area contributed by atoms with Crippen LogP contribution in [0.1, 0.15) is 13.8 Å². The zero-order valence-electron chi connectivity index (χ0n) is 10.9. The summed E-state index contributed by atoms with van der Waals surface area (Å²) in [5.41, 5.74) is -0.685. The van der Waals surface area contributed by atoms with Crippen molar-refractivity contribution in [2.24, 2.45) is 0 Å². The molecule has 1 fully saturated rings. The second-order valence-electron chi connectivity index (χ2n) is 5.26. The van der Waals surface area contributed by atoms with Gasteiger partial charge in [0.05, 0.1) is 17.8 Å². The van der Waals surface area contributed by atoms with E-state index in [1.165, 1.54) is 15.9 Å². The SMILES string of the molecule is CC(C)(O)CN1CCN(c2ccc(Br)cc2F)C1=O. The summed E-state index contributed by atoms with van der Waals surface area (Å²) in [6, 6.07) is 4.33. The normalized spacial score (nSPS) is 16.4. The molecule has 1 N–H and O–H groups in total.